The molecule has 0 fully saturated rings. The average molecular weight is 149 g/mol. The highest BCUT2D eigenvalue weighted by Crippen LogP contribution is 2.11. The lowest BCUT2D eigenvalue weighted by Crippen LogP contribution is -2.37. The van der Waals surface area contributed by atoms with Gasteiger partial charge in [-0.3, -0.25) is 0 Å². The van der Waals surface area contributed by atoms with Crippen LogP contribution in [0.25, 0.3) is 0 Å². The molecule has 0 radical (unpaired) electrons. The molecule has 4 heteroatoms. The van der Waals surface area contributed by atoms with E-state index in [0.29, 0.717) is 11.4 Å². The van der Waals surface area contributed by atoms with Crippen molar-refractivity contribution < 1.29 is 4.79 Å². The highest BCUT2D eigenvalue weighted by molar-refractivity contribution is 6.13. The van der Waals surface area contributed by atoms with Gasteiger partial charge < -0.3 is 11.1 Å². The molecule has 11 heavy (non-hydrogen) atoms. The van der Waals surface area contributed by atoms with Crippen molar-refractivity contribution in [1.82, 2.24) is 5.32 Å². The number of hydrogen-bond acceptors (Lipinski definition) is 2. The van der Waals surface area contributed by atoms with Crippen LogP contribution in [-0.4, -0.2) is 17.8 Å². The summed E-state index contributed by atoms with van der Waals surface area (Å²) in [4.78, 5) is 14.5. The summed E-state index contributed by atoms with van der Waals surface area (Å²) >= 11 is 0. The molecule has 3 N–H and O–H groups in total. The number of carbonyl (C=O) groups is 1. The van der Waals surface area contributed by atoms with Crippen molar-refractivity contribution in [3.63, 3.8) is 0 Å². The number of rotatable bonds is 0. The zero-order chi connectivity index (χ0) is 7.84. The maximum atomic E-state index is 10.7. The highest BCUT2D eigenvalue weighted by atomic mass is 16.2. The Balaban J connectivity index is 2.40. The number of amides is 2. The number of urea groups is 1. The van der Waals surface area contributed by atoms with Crippen LogP contribution in [0.15, 0.2) is 28.9 Å². The predicted molar refractivity (Wildman–Crippen MR) is 41.2 cm³/mol. The SMILES string of the molecule is NC1=CC=CC2=NC(=O)NC12. The number of aliphatic imine (C=N–C) groups is 1. The molecule has 1 unspecified atom stereocenters. The lowest BCUT2D eigenvalue weighted by atomic mass is 10.0. The molecule has 1 heterocycles. The lowest BCUT2D eigenvalue weighted by molar-refractivity contribution is 0.251. The van der Waals surface area contributed by atoms with Gasteiger partial charge in [0, 0.05) is 5.70 Å². The maximum Gasteiger partial charge on any atom is 0.342 e. The Morgan fingerprint density at radius 2 is 2.45 bits per heavy atom. The molecule has 2 aliphatic rings. The minimum Gasteiger partial charge on any atom is -0.400 e. The fourth-order valence-corrected chi connectivity index (χ4v) is 1.15. The summed E-state index contributed by atoms with van der Waals surface area (Å²) in [5.41, 5.74) is 6.94. The van der Waals surface area contributed by atoms with E-state index in [9.17, 15) is 4.79 Å². The molecule has 1 aliphatic heterocycles. The molecule has 0 spiro atoms. The van der Waals surface area contributed by atoms with E-state index in [2.05, 4.69) is 10.3 Å². The zero-order valence-electron chi connectivity index (χ0n) is 5.74. The van der Waals surface area contributed by atoms with Crippen molar-refractivity contribution in [2.45, 2.75) is 6.04 Å². The Morgan fingerprint density at radius 1 is 1.64 bits per heavy atom. The van der Waals surface area contributed by atoms with E-state index in [4.69, 9.17) is 5.73 Å². The summed E-state index contributed by atoms with van der Waals surface area (Å²) in [5.74, 6) is 0. The van der Waals surface area contributed by atoms with Crippen LogP contribution < -0.4 is 11.1 Å². The van der Waals surface area contributed by atoms with Crippen LogP contribution in [-0.2, 0) is 0 Å². The Labute approximate surface area is 63.5 Å². The van der Waals surface area contributed by atoms with Crippen molar-refractivity contribution in [3.05, 3.63) is 23.9 Å². The van der Waals surface area contributed by atoms with Gasteiger partial charge in [0.2, 0.25) is 0 Å². The molecule has 0 aromatic carbocycles. The first-order valence-corrected chi connectivity index (χ1v) is 3.30. The monoisotopic (exact) mass is 149 g/mol. The van der Waals surface area contributed by atoms with Crippen LogP contribution in [0, 0.1) is 0 Å². The minimum atomic E-state index is -0.312. The quantitative estimate of drug-likeness (QED) is 0.506. The zero-order valence-corrected chi connectivity index (χ0v) is 5.74. The van der Waals surface area contributed by atoms with E-state index in [0.717, 1.165) is 0 Å². The summed E-state index contributed by atoms with van der Waals surface area (Å²) in [7, 11) is 0. The normalized spacial score (nSPS) is 27.3. The number of nitrogens with one attached hydrogen (secondary N) is 1. The van der Waals surface area contributed by atoms with E-state index >= 15 is 0 Å². The largest absolute Gasteiger partial charge is 0.400 e. The second-order valence-electron chi connectivity index (χ2n) is 2.44. The molecule has 0 bridgehead atoms. The molecule has 2 rings (SSSR count). The molecule has 4 nitrogen and oxygen atoms in total. The highest BCUT2D eigenvalue weighted by Gasteiger charge is 2.26. The average Bonchev–Trinajstić information content (AvgIpc) is 2.31. The Hall–Kier alpha value is -1.58. The summed E-state index contributed by atoms with van der Waals surface area (Å²) in [6, 6.07) is -0.500. The van der Waals surface area contributed by atoms with Crippen LogP contribution in [0.2, 0.25) is 0 Å². The van der Waals surface area contributed by atoms with Gasteiger partial charge in [-0.2, -0.15) is 4.99 Å². The van der Waals surface area contributed by atoms with E-state index in [-0.39, 0.29) is 12.1 Å². The second-order valence-corrected chi connectivity index (χ2v) is 2.44. The van der Waals surface area contributed by atoms with Gasteiger partial charge >= 0.3 is 6.03 Å². The van der Waals surface area contributed by atoms with Gasteiger partial charge in [-0.15, -0.1) is 0 Å². The predicted octanol–water partition coefficient (Wildman–Crippen LogP) is -0.0684. The molecule has 2 amide bonds. The van der Waals surface area contributed by atoms with Crippen molar-refractivity contribution >= 4 is 11.7 Å². The van der Waals surface area contributed by atoms with Crippen LogP contribution in [0.3, 0.4) is 0 Å². The summed E-state index contributed by atoms with van der Waals surface area (Å²) < 4.78 is 0. The third-order valence-electron chi connectivity index (χ3n) is 1.68. The van der Waals surface area contributed by atoms with Gasteiger partial charge in [0.1, 0.15) is 6.04 Å². The van der Waals surface area contributed by atoms with Crippen molar-refractivity contribution in [1.29, 1.82) is 0 Å². The molecule has 1 atom stereocenters. The fraction of sp³-hybridized carbons (Fsp3) is 0.143. The van der Waals surface area contributed by atoms with Gasteiger partial charge in [-0.25, -0.2) is 4.79 Å². The Kier molecular flexibility index (Phi) is 1.09. The van der Waals surface area contributed by atoms with Crippen LogP contribution in [0.5, 0.6) is 0 Å². The van der Waals surface area contributed by atoms with E-state index < -0.39 is 0 Å². The first kappa shape index (κ1) is 6.15. The summed E-state index contributed by atoms with van der Waals surface area (Å²) in [5, 5.41) is 2.62. The van der Waals surface area contributed by atoms with Gasteiger partial charge in [0.05, 0.1) is 5.71 Å². The minimum absolute atomic E-state index is 0.188. The topological polar surface area (TPSA) is 67.5 Å². The van der Waals surface area contributed by atoms with E-state index in [1.165, 1.54) is 0 Å². The van der Waals surface area contributed by atoms with Gasteiger partial charge in [-0.05, 0) is 12.2 Å². The first-order chi connectivity index (χ1) is 5.27. The molecule has 1 aliphatic carbocycles. The molecule has 0 aromatic rings. The van der Waals surface area contributed by atoms with Crippen LogP contribution >= 0.6 is 0 Å². The Bertz CT molecular complexity index is 301. The van der Waals surface area contributed by atoms with Crippen molar-refractivity contribution in [2.75, 3.05) is 0 Å². The standard InChI is InChI=1S/C7H7N3O/c8-4-2-1-3-5-6(4)10-7(11)9-5/h1-3,6H,8H2,(H,10,11). The fourth-order valence-electron chi connectivity index (χ4n) is 1.15. The van der Waals surface area contributed by atoms with Gasteiger partial charge in [-0.1, -0.05) is 6.08 Å². The van der Waals surface area contributed by atoms with Gasteiger partial charge in [0.15, 0.2) is 0 Å². The first-order valence-electron chi connectivity index (χ1n) is 3.30. The number of hydrogen-bond donors (Lipinski definition) is 2. The molecule has 56 valence electrons. The molecular weight excluding hydrogens is 142 g/mol. The number of carbonyl (C=O) groups excluding carboxylic acids is 1. The van der Waals surface area contributed by atoms with Crippen molar-refractivity contribution in [2.24, 2.45) is 10.7 Å². The number of fused-ring (bicyclic) bond motifs is 1. The smallest absolute Gasteiger partial charge is 0.342 e. The number of allylic oxidation sites excluding steroid dienone is 2. The van der Waals surface area contributed by atoms with E-state index in [1.54, 1.807) is 18.2 Å². The molecule has 0 aromatic heterocycles. The van der Waals surface area contributed by atoms with E-state index in [1.807, 2.05) is 0 Å². The summed E-state index contributed by atoms with van der Waals surface area (Å²) in [6.45, 7) is 0. The van der Waals surface area contributed by atoms with Gasteiger partial charge in [0.25, 0.3) is 0 Å². The third-order valence-corrected chi connectivity index (χ3v) is 1.68. The number of nitrogens with two attached hydrogens (primary N) is 1. The maximum absolute atomic E-state index is 10.7. The lowest BCUT2D eigenvalue weighted by Gasteiger charge is -2.13. The summed E-state index contributed by atoms with van der Waals surface area (Å²) in [6.07, 6.45) is 5.32. The van der Waals surface area contributed by atoms with Crippen LogP contribution in [0.1, 0.15) is 0 Å². The third kappa shape index (κ3) is 0.832. The number of nitrogens with zero attached hydrogens (tertiary/aromatic N) is 1. The van der Waals surface area contributed by atoms with Crippen LogP contribution in [0.4, 0.5) is 4.79 Å². The molecule has 0 saturated heterocycles. The van der Waals surface area contributed by atoms with Crippen molar-refractivity contribution in [3.8, 4) is 0 Å². The molecular formula is C7H7N3O. The Morgan fingerprint density at radius 3 is 3.18 bits per heavy atom. The molecule has 0 saturated carbocycles. The second kappa shape index (κ2) is 1.95.